The molecule has 0 amide bonds. The topological polar surface area (TPSA) is 83.5 Å². The molecule has 0 saturated heterocycles. The molecule has 22 heavy (non-hydrogen) atoms. The summed E-state index contributed by atoms with van der Waals surface area (Å²) in [6, 6.07) is 10.8. The molecule has 2 N–H and O–H groups in total. The summed E-state index contributed by atoms with van der Waals surface area (Å²) in [5.41, 5.74) is 0.412. The third-order valence-electron chi connectivity index (χ3n) is 3.10. The average Bonchev–Trinajstić information content (AvgIpc) is 2.47. The molecule has 1 unspecified atom stereocenters. The van der Waals surface area contributed by atoms with Crippen molar-refractivity contribution < 1.29 is 22.7 Å². The predicted molar refractivity (Wildman–Crippen MR) is 78.5 cm³/mol. The summed E-state index contributed by atoms with van der Waals surface area (Å²) in [5.74, 6) is -2.33. The van der Waals surface area contributed by atoms with Crippen molar-refractivity contribution in [3.05, 3.63) is 65.5 Å². The lowest BCUT2D eigenvalue weighted by Gasteiger charge is -2.15. The number of benzene rings is 2. The number of sulfonamides is 1. The van der Waals surface area contributed by atoms with E-state index in [4.69, 9.17) is 5.11 Å². The van der Waals surface area contributed by atoms with Gasteiger partial charge in [0.05, 0.1) is 5.56 Å². The van der Waals surface area contributed by atoms with Gasteiger partial charge in [-0.25, -0.2) is 22.3 Å². The quantitative estimate of drug-likeness (QED) is 0.886. The molecule has 0 aliphatic rings. The first-order chi connectivity index (χ1) is 10.3. The molecule has 2 rings (SSSR count). The van der Waals surface area contributed by atoms with Gasteiger partial charge in [-0.05, 0) is 30.7 Å². The van der Waals surface area contributed by atoms with Crippen molar-refractivity contribution >= 4 is 16.0 Å². The van der Waals surface area contributed by atoms with Crippen LogP contribution in [0.1, 0.15) is 28.9 Å². The fourth-order valence-corrected chi connectivity index (χ4v) is 3.28. The van der Waals surface area contributed by atoms with E-state index in [-0.39, 0.29) is 5.56 Å². The lowest BCUT2D eigenvalue weighted by Crippen LogP contribution is -2.27. The maximum absolute atomic E-state index is 13.8. The number of halogens is 1. The summed E-state index contributed by atoms with van der Waals surface area (Å²) in [6.45, 7) is 1.62. The first-order valence-corrected chi connectivity index (χ1v) is 7.89. The van der Waals surface area contributed by atoms with Gasteiger partial charge in [0.1, 0.15) is 10.7 Å². The van der Waals surface area contributed by atoms with Crippen LogP contribution in [-0.4, -0.2) is 19.5 Å². The van der Waals surface area contributed by atoms with Gasteiger partial charge >= 0.3 is 5.97 Å². The molecule has 0 aromatic heterocycles. The number of carboxylic acid groups (broad SMARTS) is 1. The second kappa shape index (κ2) is 6.25. The van der Waals surface area contributed by atoms with Crippen LogP contribution in [0.15, 0.2) is 53.4 Å². The lowest BCUT2D eigenvalue weighted by atomic mass is 10.1. The van der Waals surface area contributed by atoms with E-state index in [9.17, 15) is 17.6 Å². The Kier molecular flexibility index (Phi) is 4.58. The molecular weight excluding hydrogens is 309 g/mol. The molecule has 0 saturated carbocycles. The van der Waals surface area contributed by atoms with Crippen LogP contribution in [0.25, 0.3) is 0 Å². The SMILES string of the molecule is CC(NS(=O)(=O)c1cc(C(=O)O)ccc1F)c1ccccc1. The first kappa shape index (κ1) is 16.1. The van der Waals surface area contributed by atoms with Crippen LogP contribution < -0.4 is 4.72 Å². The Morgan fingerprint density at radius 2 is 1.82 bits per heavy atom. The maximum Gasteiger partial charge on any atom is 0.335 e. The molecular formula is C15H14FNO4S. The molecule has 2 aromatic carbocycles. The minimum absolute atomic E-state index is 0.297. The highest BCUT2D eigenvalue weighted by Gasteiger charge is 2.23. The van der Waals surface area contributed by atoms with E-state index in [1.54, 1.807) is 37.3 Å². The molecule has 116 valence electrons. The third-order valence-corrected chi connectivity index (χ3v) is 4.65. The van der Waals surface area contributed by atoms with Gasteiger partial charge in [-0.2, -0.15) is 0 Å². The number of rotatable bonds is 5. The van der Waals surface area contributed by atoms with Gasteiger partial charge in [0.15, 0.2) is 0 Å². The minimum atomic E-state index is -4.18. The third kappa shape index (κ3) is 3.49. The summed E-state index contributed by atoms with van der Waals surface area (Å²) in [4.78, 5) is 10.2. The Hall–Kier alpha value is -2.25. The van der Waals surface area contributed by atoms with Crippen molar-refractivity contribution in [2.45, 2.75) is 17.9 Å². The minimum Gasteiger partial charge on any atom is -0.478 e. The Morgan fingerprint density at radius 3 is 2.41 bits per heavy atom. The van der Waals surface area contributed by atoms with Crippen LogP contribution in [0.4, 0.5) is 4.39 Å². The van der Waals surface area contributed by atoms with Crippen molar-refractivity contribution in [2.24, 2.45) is 0 Å². The molecule has 5 nitrogen and oxygen atoms in total. The first-order valence-electron chi connectivity index (χ1n) is 6.41. The molecule has 0 fully saturated rings. The van der Waals surface area contributed by atoms with Crippen LogP contribution >= 0.6 is 0 Å². The largest absolute Gasteiger partial charge is 0.478 e. The van der Waals surface area contributed by atoms with Crippen LogP contribution in [0.3, 0.4) is 0 Å². The lowest BCUT2D eigenvalue weighted by molar-refractivity contribution is 0.0696. The van der Waals surface area contributed by atoms with Gasteiger partial charge in [-0.15, -0.1) is 0 Å². The second-order valence-corrected chi connectivity index (χ2v) is 6.39. The molecule has 1 atom stereocenters. The fourth-order valence-electron chi connectivity index (χ4n) is 1.95. The molecule has 0 aliphatic carbocycles. The number of hydrogen-bond acceptors (Lipinski definition) is 3. The van der Waals surface area contributed by atoms with Gasteiger partial charge in [0.25, 0.3) is 0 Å². The number of carboxylic acids is 1. The standard InChI is InChI=1S/C15H14FNO4S/c1-10(11-5-3-2-4-6-11)17-22(20,21)14-9-12(15(18)19)7-8-13(14)16/h2-10,17H,1H3,(H,18,19). The fraction of sp³-hybridized carbons (Fsp3) is 0.133. The van der Waals surface area contributed by atoms with E-state index < -0.39 is 32.7 Å². The second-order valence-electron chi connectivity index (χ2n) is 4.70. The molecule has 0 bridgehead atoms. The zero-order chi connectivity index (χ0) is 16.3. The van der Waals surface area contributed by atoms with Crippen molar-refractivity contribution in [1.82, 2.24) is 4.72 Å². The van der Waals surface area contributed by atoms with Crippen LogP contribution in [0.2, 0.25) is 0 Å². The van der Waals surface area contributed by atoms with Gasteiger partial charge in [0.2, 0.25) is 10.0 Å². The molecule has 7 heteroatoms. The zero-order valence-corrected chi connectivity index (χ0v) is 12.5. The van der Waals surface area contributed by atoms with Gasteiger partial charge in [0, 0.05) is 6.04 Å². The summed E-state index contributed by atoms with van der Waals surface area (Å²) in [7, 11) is -4.18. The van der Waals surface area contributed by atoms with E-state index in [1.165, 1.54) is 0 Å². The number of hydrogen-bond donors (Lipinski definition) is 2. The highest BCUT2D eigenvalue weighted by molar-refractivity contribution is 7.89. The molecule has 0 aliphatic heterocycles. The van der Waals surface area contributed by atoms with Crippen molar-refractivity contribution in [3.8, 4) is 0 Å². The van der Waals surface area contributed by atoms with Crippen molar-refractivity contribution in [3.63, 3.8) is 0 Å². The normalized spacial score (nSPS) is 12.8. The van der Waals surface area contributed by atoms with Crippen LogP contribution in [0.5, 0.6) is 0 Å². The Labute approximate surface area is 127 Å². The highest BCUT2D eigenvalue weighted by atomic mass is 32.2. The van der Waals surface area contributed by atoms with E-state index in [1.807, 2.05) is 0 Å². The predicted octanol–water partition coefficient (Wildman–Crippen LogP) is 2.56. The van der Waals surface area contributed by atoms with E-state index in [0.29, 0.717) is 5.56 Å². The Balaban J connectivity index is 2.35. The maximum atomic E-state index is 13.8. The van der Waals surface area contributed by atoms with E-state index in [0.717, 1.165) is 18.2 Å². The van der Waals surface area contributed by atoms with Gasteiger partial charge in [-0.1, -0.05) is 30.3 Å². The van der Waals surface area contributed by atoms with Crippen LogP contribution in [-0.2, 0) is 10.0 Å². The summed E-state index contributed by atoms with van der Waals surface area (Å²) < 4.78 is 40.6. The Morgan fingerprint density at radius 1 is 1.18 bits per heavy atom. The zero-order valence-electron chi connectivity index (χ0n) is 11.7. The van der Waals surface area contributed by atoms with Gasteiger partial charge < -0.3 is 5.11 Å². The van der Waals surface area contributed by atoms with Crippen molar-refractivity contribution in [2.75, 3.05) is 0 Å². The highest BCUT2D eigenvalue weighted by Crippen LogP contribution is 2.20. The number of aromatic carboxylic acids is 1. The number of carbonyl (C=O) groups is 1. The summed E-state index contributed by atoms with van der Waals surface area (Å²) in [6.07, 6.45) is 0. The molecule has 0 heterocycles. The molecule has 0 spiro atoms. The van der Waals surface area contributed by atoms with Crippen molar-refractivity contribution in [1.29, 1.82) is 0 Å². The summed E-state index contributed by atoms with van der Waals surface area (Å²) >= 11 is 0. The van der Waals surface area contributed by atoms with Gasteiger partial charge in [-0.3, -0.25) is 0 Å². The van der Waals surface area contributed by atoms with E-state index >= 15 is 0 Å². The average molecular weight is 323 g/mol. The summed E-state index contributed by atoms with van der Waals surface area (Å²) in [5, 5.41) is 8.89. The molecule has 0 radical (unpaired) electrons. The Bertz CT molecular complexity index is 790. The monoisotopic (exact) mass is 323 g/mol. The molecule has 2 aromatic rings. The van der Waals surface area contributed by atoms with Crippen LogP contribution in [0, 0.1) is 5.82 Å². The van der Waals surface area contributed by atoms with E-state index in [2.05, 4.69) is 4.72 Å². The smallest absolute Gasteiger partial charge is 0.335 e. The number of nitrogens with one attached hydrogen (secondary N) is 1.